The van der Waals surface area contributed by atoms with E-state index in [0.717, 1.165) is 48.3 Å². The summed E-state index contributed by atoms with van der Waals surface area (Å²) in [5.74, 6) is 0. The van der Waals surface area contributed by atoms with Crippen LogP contribution in [0.2, 0.25) is 0 Å². The molecule has 0 saturated carbocycles. The molecule has 0 radical (unpaired) electrons. The first-order valence-corrected chi connectivity index (χ1v) is 7.29. The van der Waals surface area contributed by atoms with Crippen LogP contribution < -0.4 is 4.90 Å². The predicted octanol–water partition coefficient (Wildman–Crippen LogP) is 2.95. The average molecular weight is 314 g/mol. The Bertz CT molecular complexity index is 389. The highest BCUT2D eigenvalue weighted by molar-refractivity contribution is 9.10. The van der Waals surface area contributed by atoms with Crippen LogP contribution in [0.5, 0.6) is 0 Å². The number of anilines is 1. The molecule has 3 nitrogen and oxygen atoms in total. The Hall–Kier alpha value is -0.580. The minimum atomic E-state index is 0.0913. The van der Waals surface area contributed by atoms with Gasteiger partial charge in [-0.3, -0.25) is 0 Å². The van der Waals surface area contributed by atoms with E-state index < -0.39 is 0 Å². The van der Waals surface area contributed by atoms with Gasteiger partial charge in [-0.05, 0) is 31.9 Å². The summed E-state index contributed by atoms with van der Waals surface area (Å²) in [5, 5.41) is 9.41. The van der Waals surface area contributed by atoms with Gasteiger partial charge in [-0.1, -0.05) is 22.0 Å². The highest BCUT2D eigenvalue weighted by atomic mass is 79.9. The highest BCUT2D eigenvalue weighted by Crippen LogP contribution is 2.28. The zero-order valence-corrected chi connectivity index (χ0v) is 12.3. The van der Waals surface area contributed by atoms with Gasteiger partial charge in [-0.2, -0.15) is 0 Å². The molecule has 18 heavy (non-hydrogen) atoms. The average Bonchev–Trinajstić information content (AvgIpc) is 2.40. The number of piperidine rings is 1. The molecule has 0 unspecified atom stereocenters. The first-order chi connectivity index (χ1) is 8.74. The van der Waals surface area contributed by atoms with E-state index in [2.05, 4.69) is 26.9 Å². The lowest BCUT2D eigenvalue weighted by Gasteiger charge is -2.34. The second-order valence-electron chi connectivity index (χ2n) is 4.57. The molecule has 2 rings (SSSR count). The number of aliphatic hydroxyl groups is 1. The molecule has 4 heteroatoms. The molecule has 1 aromatic rings. The Balaban J connectivity index is 2.06. The lowest BCUT2D eigenvalue weighted by Crippen LogP contribution is -2.37. The fourth-order valence-electron chi connectivity index (χ4n) is 2.46. The van der Waals surface area contributed by atoms with Crippen molar-refractivity contribution in [1.82, 2.24) is 0 Å². The normalized spacial score (nSPS) is 17.2. The Labute approximate surface area is 117 Å². The number of rotatable bonds is 4. The molecular weight excluding hydrogens is 294 g/mol. The van der Waals surface area contributed by atoms with E-state index in [1.807, 2.05) is 19.1 Å². The van der Waals surface area contributed by atoms with Crippen LogP contribution in [0.3, 0.4) is 0 Å². The Morgan fingerprint density at radius 1 is 1.39 bits per heavy atom. The second-order valence-corrected chi connectivity index (χ2v) is 5.49. The van der Waals surface area contributed by atoms with Crippen molar-refractivity contribution in [3.05, 3.63) is 28.2 Å². The number of benzene rings is 1. The number of hydrogen-bond acceptors (Lipinski definition) is 3. The predicted molar refractivity (Wildman–Crippen MR) is 76.9 cm³/mol. The van der Waals surface area contributed by atoms with Gasteiger partial charge in [0.25, 0.3) is 0 Å². The summed E-state index contributed by atoms with van der Waals surface area (Å²) in [6.45, 7) is 4.92. The van der Waals surface area contributed by atoms with Crippen LogP contribution in [0, 0.1) is 0 Å². The summed E-state index contributed by atoms with van der Waals surface area (Å²) in [6, 6.07) is 6.04. The molecule has 1 aromatic carbocycles. The van der Waals surface area contributed by atoms with Gasteiger partial charge in [0.2, 0.25) is 0 Å². The molecule has 0 amide bonds. The molecule has 1 heterocycles. The Kier molecular flexibility index (Phi) is 5.03. The largest absolute Gasteiger partial charge is 0.392 e. The number of ether oxygens (including phenoxy) is 1. The molecule has 0 aromatic heterocycles. The third-order valence-corrected chi connectivity index (χ3v) is 3.90. The second kappa shape index (κ2) is 6.55. The number of hydrogen-bond donors (Lipinski definition) is 1. The van der Waals surface area contributed by atoms with Crippen LogP contribution in [0.25, 0.3) is 0 Å². The number of nitrogens with zero attached hydrogens (tertiary/aromatic N) is 1. The van der Waals surface area contributed by atoms with Crippen molar-refractivity contribution in [2.24, 2.45) is 0 Å². The summed E-state index contributed by atoms with van der Waals surface area (Å²) in [6.07, 6.45) is 2.52. The monoisotopic (exact) mass is 313 g/mol. The number of halogens is 1. The van der Waals surface area contributed by atoms with Gasteiger partial charge in [0.1, 0.15) is 0 Å². The summed E-state index contributed by atoms with van der Waals surface area (Å²) in [5.41, 5.74) is 2.13. The zero-order valence-electron chi connectivity index (χ0n) is 10.7. The maximum Gasteiger partial charge on any atom is 0.0702 e. The van der Waals surface area contributed by atoms with Gasteiger partial charge in [-0.15, -0.1) is 0 Å². The number of aliphatic hydroxyl groups excluding tert-OH is 1. The van der Waals surface area contributed by atoms with Crippen molar-refractivity contribution in [3.63, 3.8) is 0 Å². The fraction of sp³-hybridized carbons (Fsp3) is 0.571. The van der Waals surface area contributed by atoms with Gasteiger partial charge < -0.3 is 14.7 Å². The molecule has 0 bridgehead atoms. The molecule has 0 aliphatic carbocycles. The summed E-state index contributed by atoms with van der Waals surface area (Å²) >= 11 is 3.50. The van der Waals surface area contributed by atoms with Crippen LogP contribution in [0.4, 0.5) is 5.69 Å². The topological polar surface area (TPSA) is 32.7 Å². The van der Waals surface area contributed by atoms with Gasteiger partial charge in [0, 0.05) is 35.4 Å². The van der Waals surface area contributed by atoms with E-state index in [1.54, 1.807) is 0 Å². The van der Waals surface area contributed by atoms with Gasteiger partial charge in [0.05, 0.1) is 12.7 Å². The van der Waals surface area contributed by atoms with E-state index in [1.165, 1.54) is 0 Å². The Morgan fingerprint density at radius 3 is 2.72 bits per heavy atom. The van der Waals surface area contributed by atoms with Crippen LogP contribution >= 0.6 is 15.9 Å². The van der Waals surface area contributed by atoms with Crippen molar-refractivity contribution in [2.45, 2.75) is 32.5 Å². The molecule has 1 aliphatic rings. The van der Waals surface area contributed by atoms with E-state index in [-0.39, 0.29) is 6.61 Å². The third kappa shape index (κ3) is 3.25. The van der Waals surface area contributed by atoms with Gasteiger partial charge in [0.15, 0.2) is 0 Å². The van der Waals surface area contributed by atoms with E-state index in [0.29, 0.717) is 6.10 Å². The smallest absolute Gasteiger partial charge is 0.0702 e. The van der Waals surface area contributed by atoms with Crippen molar-refractivity contribution < 1.29 is 9.84 Å². The lowest BCUT2D eigenvalue weighted by molar-refractivity contribution is 0.0459. The van der Waals surface area contributed by atoms with Crippen molar-refractivity contribution >= 4 is 21.6 Å². The van der Waals surface area contributed by atoms with Crippen LogP contribution in [-0.4, -0.2) is 30.9 Å². The molecule has 1 fully saturated rings. The molecule has 1 N–H and O–H groups in total. The zero-order chi connectivity index (χ0) is 13.0. The molecule has 100 valence electrons. The van der Waals surface area contributed by atoms with Gasteiger partial charge >= 0.3 is 0 Å². The lowest BCUT2D eigenvalue weighted by atomic mass is 10.1. The SMILES string of the molecule is CCOC1CCN(c2cc(Br)ccc2CO)CC1. The standard InChI is InChI=1S/C14H20BrNO2/c1-2-18-13-5-7-16(8-6-13)14-9-12(15)4-3-11(14)10-17/h3-4,9,13,17H,2,5-8,10H2,1H3. The summed E-state index contributed by atoms with van der Waals surface area (Å²) in [4.78, 5) is 2.34. The van der Waals surface area contributed by atoms with Crippen molar-refractivity contribution in [3.8, 4) is 0 Å². The molecule has 0 atom stereocenters. The maximum absolute atomic E-state index is 9.41. The van der Waals surface area contributed by atoms with E-state index in [4.69, 9.17) is 4.74 Å². The maximum atomic E-state index is 9.41. The van der Waals surface area contributed by atoms with Crippen LogP contribution in [-0.2, 0) is 11.3 Å². The molecule has 0 spiro atoms. The molecular formula is C14H20BrNO2. The minimum Gasteiger partial charge on any atom is -0.392 e. The van der Waals surface area contributed by atoms with Crippen LogP contribution in [0.1, 0.15) is 25.3 Å². The van der Waals surface area contributed by atoms with Crippen molar-refractivity contribution in [1.29, 1.82) is 0 Å². The molecule has 1 saturated heterocycles. The highest BCUT2D eigenvalue weighted by Gasteiger charge is 2.21. The fourth-order valence-corrected chi connectivity index (χ4v) is 2.81. The van der Waals surface area contributed by atoms with E-state index >= 15 is 0 Å². The molecule has 1 aliphatic heterocycles. The minimum absolute atomic E-state index is 0.0913. The Morgan fingerprint density at radius 2 is 2.11 bits per heavy atom. The summed E-state index contributed by atoms with van der Waals surface area (Å²) in [7, 11) is 0. The third-order valence-electron chi connectivity index (χ3n) is 3.40. The first kappa shape index (κ1) is 13.8. The first-order valence-electron chi connectivity index (χ1n) is 6.50. The quantitative estimate of drug-likeness (QED) is 0.927. The van der Waals surface area contributed by atoms with Gasteiger partial charge in [-0.25, -0.2) is 0 Å². The van der Waals surface area contributed by atoms with E-state index in [9.17, 15) is 5.11 Å². The van der Waals surface area contributed by atoms with Crippen LogP contribution in [0.15, 0.2) is 22.7 Å². The van der Waals surface area contributed by atoms with Crippen molar-refractivity contribution in [2.75, 3.05) is 24.6 Å². The summed E-state index contributed by atoms with van der Waals surface area (Å²) < 4.78 is 6.72.